The predicted octanol–water partition coefficient (Wildman–Crippen LogP) is 3.39. The third kappa shape index (κ3) is 10.3. The van der Waals surface area contributed by atoms with Gasteiger partial charge in [0.05, 0.1) is 12.4 Å². The molecule has 5 heteroatoms. The lowest BCUT2D eigenvalue weighted by Gasteiger charge is -2.06. The minimum atomic E-state index is -3.27. The van der Waals surface area contributed by atoms with E-state index >= 15 is 0 Å². The summed E-state index contributed by atoms with van der Waals surface area (Å²) in [6.45, 7) is 2.82. The highest BCUT2D eigenvalue weighted by Gasteiger charge is 2.01. The Morgan fingerprint density at radius 3 is 2.24 bits per heavy atom. The van der Waals surface area contributed by atoms with Crippen LogP contribution in [-0.2, 0) is 10.0 Å². The first-order chi connectivity index (χ1) is 9.97. The van der Waals surface area contributed by atoms with E-state index in [1.54, 1.807) is 0 Å². The number of unbranched alkanes of at least 4 members (excludes halogenated alkanes) is 6. The minimum Gasteiger partial charge on any atom is -0.494 e. The SMILES string of the molecule is Cc1cccc(OCCCCCCCCCS(N)(=O)=O)c1. The number of aryl methyl sites for hydroxylation is 1. The van der Waals surface area contributed by atoms with Gasteiger partial charge in [-0.05, 0) is 37.5 Å². The predicted molar refractivity (Wildman–Crippen MR) is 87.0 cm³/mol. The van der Waals surface area contributed by atoms with Crippen LogP contribution in [0.2, 0.25) is 0 Å². The molecule has 0 aliphatic heterocycles. The number of ether oxygens (including phenoxy) is 1. The molecule has 21 heavy (non-hydrogen) atoms. The summed E-state index contributed by atoms with van der Waals surface area (Å²) < 4.78 is 27.2. The summed E-state index contributed by atoms with van der Waals surface area (Å²) in [7, 11) is -3.27. The molecule has 1 aromatic rings. The van der Waals surface area contributed by atoms with Crippen molar-refractivity contribution in [3.63, 3.8) is 0 Å². The fraction of sp³-hybridized carbons (Fsp3) is 0.625. The lowest BCUT2D eigenvalue weighted by molar-refractivity contribution is 0.304. The molecule has 0 unspecified atom stereocenters. The smallest absolute Gasteiger partial charge is 0.209 e. The van der Waals surface area contributed by atoms with Crippen molar-refractivity contribution in [2.24, 2.45) is 5.14 Å². The van der Waals surface area contributed by atoms with E-state index in [1.165, 1.54) is 12.0 Å². The van der Waals surface area contributed by atoms with Crippen molar-refractivity contribution in [3.05, 3.63) is 29.8 Å². The van der Waals surface area contributed by atoms with Crippen LogP contribution >= 0.6 is 0 Å². The largest absolute Gasteiger partial charge is 0.494 e. The van der Waals surface area contributed by atoms with E-state index in [0.29, 0.717) is 6.42 Å². The van der Waals surface area contributed by atoms with E-state index in [9.17, 15) is 8.42 Å². The topological polar surface area (TPSA) is 69.4 Å². The second-order valence-corrected chi connectivity index (χ2v) is 7.24. The van der Waals surface area contributed by atoms with Gasteiger partial charge < -0.3 is 4.74 Å². The lowest BCUT2D eigenvalue weighted by atomic mass is 10.1. The molecule has 0 aliphatic rings. The summed E-state index contributed by atoms with van der Waals surface area (Å²) in [5.74, 6) is 1.05. The average Bonchev–Trinajstić information content (AvgIpc) is 2.40. The average molecular weight is 313 g/mol. The highest BCUT2D eigenvalue weighted by Crippen LogP contribution is 2.13. The van der Waals surface area contributed by atoms with Gasteiger partial charge in [0.1, 0.15) is 5.75 Å². The van der Waals surface area contributed by atoms with Gasteiger partial charge in [-0.3, -0.25) is 0 Å². The van der Waals surface area contributed by atoms with Crippen LogP contribution in [0.3, 0.4) is 0 Å². The van der Waals surface area contributed by atoms with Crippen LogP contribution in [-0.4, -0.2) is 20.8 Å². The summed E-state index contributed by atoms with van der Waals surface area (Å²) in [6, 6.07) is 8.10. The van der Waals surface area contributed by atoms with Crippen molar-refractivity contribution in [1.29, 1.82) is 0 Å². The molecule has 1 aromatic carbocycles. The summed E-state index contributed by atoms with van der Waals surface area (Å²) in [6.07, 6.45) is 7.23. The molecule has 4 nitrogen and oxygen atoms in total. The molecule has 0 aromatic heterocycles. The second kappa shape index (κ2) is 9.79. The minimum absolute atomic E-state index is 0.108. The Kier molecular flexibility index (Phi) is 8.38. The number of benzene rings is 1. The Bertz CT molecular complexity index is 500. The molecule has 0 fully saturated rings. The molecule has 120 valence electrons. The normalized spacial score (nSPS) is 11.5. The van der Waals surface area contributed by atoms with E-state index in [-0.39, 0.29) is 5.75 Å². The van der Waals surface area contributed by atoms with Crippen molar-refractivity contribution in [2.45, 2.75) is 51.9 Å². The zero-order valence-electron chi connectivity index (χ0n) is 12.9. The summed E-state index contributed by atoms with van der Waals surface area (Å²) >= 11 is 0. The van der Waals surface area contributed by atoms with Gasteiger partial charge in [0, 0.05) is 0 Å². The fourth-order valence-electron chi connectivity index (χ4n) is 2.18. The Hall–Kier alpha value is -1.07. The van der Waals surface area contributed by atoms with Gasteiger partial charge in [-0.2, -0.15) is 0 Å². The van der Waals surface area contributed by atoms with Crippen molar-refractivity contribution in [2.75, 3.05) is 12.4 Å². The van der Waals surface area contributed by atoms with Gasteiger partial charge >= 0.3 is 0 Å². The van der Waals surface area contributed by atoms with E-state index in [4.69, 9.17) is 9.88 Å². The number of primary sulfonamides is 1. The van der Waals surface area contributed by atoms with Crippen LogP contribution in [0, 0.1) is 6.92 Å². The monoisotopic (exact) mass is 313 g/mol. The van der Waals surface area contributed by atoms with E-state index in [2.05, 4.69) is 13.0 Å². The maximum Gasteiger partial charge on any atom is 0.209 e. The molecule has 0 saturated heterocycles. The Morgan fingerprint density at radius 1 is 1.00 bits per heavy atom. The van der Waals surface area contributed by atoms with Crippen molar-refractivity contribution < 1.29 is 13.2 Å². The van der Waals surface area contributed by atoms with Crippen molar-refractivity contribution >= 4 is 10.0 Å². The molecule has 0 amide bonds. The number of sulfonamides is 1. The fourth-order valence-corrected chi connectivity index (χ4v) is 2.79. The number of hydrogen-bond donors (Lipinski definition) is 1. The van der Waals surface area contributed by atoms with Crippen LogP contribution in [0.15, 0.2) is 24.3 Å². The molecule has 1 rings (SSSR count). The standard InChI is InChI=1S/C16H27NO3S/c1-15-10-9-11-16(14-15)20-12-7-5-3-2-4-6-8-13-21(17,18)19/h9-11,14H,2-8,12-13H2,1H3,(H2,17,18,19). The van der Waals surface area contributed by atoms with Crippen LogP contribution in [0.4, 0.5) is 0 Å². The first kappa shape index (κ1) is 18.0. The highest BCUT2D eigenvalue weighted by molar-refractivity contribution is 7.89. The van der Waals surface area contributed by atoms with Gasteiger partial charge in [-0.1, -0.05) is 44.2 Å². The van der Waals surface area contributed by atoms with Gasteiger partial charge in [0.15, 0.2) is 0 Å². The molecular weight excluding hydrogens is 286 g/mol. The van der Waals surface area contributed by atoms with Crippen molar-refractivity contribution in [3.8, 4) is 5.75 Å². The number of rotatable bonds is 11. The second-order valence-electron chi connectivity index (χ2n) is 5.51. The van der Waals surface area contributed by atoms with Crippen molar-refractivity contribution in [1.82, 2.24) is 0 Å². The molecule has 0 saturated carbocycles. The molecule has 0 aliphatic carbocycles. The molecule has 0 heterocycles. The van der Waals surface area contributed by atoms with Crippen LogP contribution in [0.5, 0.6) is 5.75 Å². The molecule has 0 bridgehead atoms. The van der Waals surface area contributed by atoms with Gasteiger partial charge in [-0.25, -0.2) is 13.6 Å². The highest BCUT2D eigenvalue weighted by atomic mass is 32.2. The third-order valence-electron chi connectivity index (χ3n) is 3.33. The molecule has 0 atom stereocenters. The molecule has 0 spiro atoms. The van der Waals surface area contributed by atoms with E-state index in [0.717, 1.165) is 44.5 Å². The maximum atomic E-state index is 10.7. The zero-order valence-corrected chi connectivity index (χ0v) is 13.7. The first-order valence-corrected chi connectivity index (χ1v) is 9.39. The third-order valence-corrected chi connectivity index (χ3v) is 4.19. The first-order valence-electron chi connectivity index (χ1n) is 7.67. The van der Waals surface area contributed by atoms with E-state index < -0.39 is 10.0 Å². The van der Waals surface area contributed by atoms with Gasteiger partial charge in [0.2, 0.25) is 10.0 Å². The summed E-state index contributed by atoms with van der Waals surface area (Å²) in [5, 5.41) is 4.95. The molecule has 0 radical (unpaired) electrons. The molecule has 2 N–H and O–H groups in total. The summed E-state index contributed by atoms with van der Waals surface area (Å²) in [4.78, 5) is 0. The Balaban J connectivity index is 1.91. The number of nitrogens with two attached hydrogens (primary N) is 1. The zero-order chi connectivity index (χ0) is 15.6. The van der Waals surface area contributed by atoms with Crippen LogP contribution < -0.4 is 9.88 Å². The van der Waals surface area contributed by atoms with Gasteiger partial charge in [0.25, 0.3) is 0 Å². The maximum absolute atomic E-state index is 10.7. The van der Waals surface area contributed by atoms with Crippen LogP contribution in [0.1, 0.15) is 50.5 Å². The lowest BCUT2D eigenvalue weighted by Crippen LogP contribution is -2.16. The van der Waals surface area contributed by atoms with Crippen LogP contribution in [0.25, 0.3) is 0 Å². The molecular formula is C16H27NO3S. The van der Waals surface area contributed by atoms with Gasteiger partial charge in [-0.15, -0.1) is 0 Å². The Morgan fingerprint density at radius 2 is 1.62 bits per heavy atom. The summed E-state index contributed by atoms with van der Waals surface area (Å²) in [5.41, 5.74) is 1.21. The quantitative estimate of drug-likeness (QED) is 0.637. The number of hydrogen-bond acceptors (Lipinski definition) is 3. The van der Waals surface area contributed by atoms with E-state index in [1.807, 2.05) is 18.2 Å². The Labute approximate surface area is 128 Å².